The Labute approximate surface area is 112 Å². The summed E-state index contributed by atoms with van der Waals surface area (Å²) in [5, 5.41) is 8.63. The molecular formula is C15H18N2O2. The summed E-state index contributed by atoms with van der Waals surface area (Å²) in [6.07, 6.45) is 1.45. The average Bonchev–Trinajstić information content (AvgIpc) is 2.70. The van der Waals surface area contributed by atoms with Crippen LogP contribution in [0.2, 0.25) is 0 Å². The second-order valence-corrected chi connectivity index (χ2v) is 4.77. The van der Waals surface area contributed by atoms with E-state index in [1.54, 1.807) is 0 Å². The van der Waals surface area contributed by atoms with E-state index in [4.69, 9.17) is 5.11 Å². The Morgan fingerprint density at radius 3 is 2.84 bits per heavy atom. The van der Waals surface area contributed by atoms with Crippen molar-refractivity contribution in [2.75, 3.05) is 0 Å². The number of rotatable bonds is 5. The van der Waals surface area contributed by atoms with E-state index in [9.17, 15) is 4.79 Å². The number of hydrogen-bond acceptors (Lipinski definition) is 2. The molecule has 100 valence electrons. The normalized spacial score (nSPS) is 10.6. The van der Waals surface area contributed by atoms with Crippen molar-refractivity contribution in [3.05, 3.63) is 41.3 Å². The zero-order valence-electron chi connectivity index (χ0n) is 11.2. The fraction of sp³-hybridized carbons (Fsp3) is 0.333. The van der Waals surface area contributed by atoms with Crippen molar-refractivity contribution in [2.45, 2.75) is 33.1 Å². The van der Waals surface area contributed by atoms with Crippen LogP contribution in [0.15, 0.2) is 24.3 Å². The summed E-state index contributed by atoms with van der Waals surface area (Å²) in [5.74, 6) is 0.0949. The number of nitrogens with one attached hydrogen (secondary N) is 1. The molecule has 0 aliphatic rings. The molecule has 4 heteroatoms. The molecule has 0 amide bonds. The molecule has 0 unspecified atom stereocenters. The molecule has 0 saturated heterocycles. The minimum atomic E-state index is -0.762. The van der Waals surface area contributed by atoms with Gasteiger partial charge in [0.15, 0.2) is 0 Å². The van der Waals surface area contributed by atoms with Crippen LogP contribution < -0.4 is 0 Å². The zero-order valence-corrected chi connectivity index (χ0v) is 11.2. The van der Waals surface area contributed by atoms with Crippen molar-refractivity contribution < 1.29 is 9.90 Å². The molecule has 0 bridgehead atoms. The van der Waals surface area contributed by atoms with E-state index >= 15 is 0 Å². The number of aromatic nitrogens is 2. The summed E-state index contributed by atoms with van der Waals surface area (Å²) in [4.78, 5) is 18.3. The first-order valence-corrected chi connectivity index (χ1v) is 6.40. The van der Waals surface area contributed by atoms with Gasteiger partial charge in [-0.3, -0.25) is 4.79 Å². The third kappa shape index (κ3) is 3.44. The standard InChI is InChI=1S/C15H18N2O2/c1-10-5-3-6-12(9-10)15-11(2)16-13(17-15)7-4-8-14(18)19/h3,5-6,9H,4,7-8H2,1-2H3,(H,16,17)(H,18,19). The Morgan fingerprint density at radius 2 is 2.16 bits per heavy atom. The highest BCUT2D eigenvalue weighted by molar-refractivity contribution is 5.66. The molecule has 0 spiro atoms. The van der Waals surface area contributed by atoms with Gasteiger partial charge in [0.05, 0.1) is 5.69 Å². The number of aromatic amines is 1. The van der Waals surface area contributed by atoms with Crippen LogP contribution in [0.25, 0.3) is 11.3 Å². The second kappa shape index (κ2) is 5.69. The number of H-pyrrole nitrogens is 1. The quantitative estimate of drug-likeness (QED) is 0.866. The maximum atomic E-state index is 10.5. The van der Waals surface area contributed by atoms with Crippen LogP contribution in [-0.2, 0) is 11.2 Å². The molecule has 2 rings (SSSR count). The van der Waals surface area contributed by atoms with Crippen molar-refractivity contribution in [1.82, 2.24) is 9.97 Å². The van der Waals surface area contributed by atoms with E-state index < -0.39 is 5.97 Å². The third-order valence-electron chi connectivity index (χ3n) is 3.03. The first kappa shape index (κ1) is 13.3. The van der Waals surface area contributed by atoms with Crippen LogP contribution in [0.5, 0.6) is 0 Å². The lowest BCUT2D eigenvalue weighted by Gasteiger charge is -1.99. The minimum absolute atomic E-state index is 0.180. The lowest BCUT2D eigenvalue weighted by molar-refractivity contribution is -0.137. The second-order valence-electron chi connectivity index (χ2n) is 4.77. The van der Waals surface area contributed by atoms with Gasteiger partial charge in [-0.1, -0.05) is 23.8 Å². The molecule has 0 saturated carbocycles. The van der Waals surface area contributed by atoms with Crippen LogP contribution in [0.3, 0.4) is 0 Å². The number of carboxylic acid groups (broad SMARTS) is 1. The molecule has 0 aliphatic carbocycles. The minimum Gasteiger partial charge on any atom is -0.481 e. The van der Waals surface area contributed by atoms with E-state index in [1.165, 1.54) is 5.56 Å². The van der Waals surface area contributed by atoms with Gasteiger partial charge in [-0.05, 0) is 26.3 Å². The summed E-state index contributed by atoms with van der Waals surface area (Å²) in [7, 11) is 0. The van der Waals surface area contributed by atoms with E-state index in [0.29, 0.717) is 12.8 Å². The van der Waals surface area contributed by atoms with Crippen LogP contribution in [-0.4, -0.2) is 21.0 Å². The van der Waals surface area contributed by atoms with Gasteiger partial charge in [0.2, 0.25) is 0 Å². The van der Waals surface area contributed by atoms with Gasteiger partial charge in [0, 0.05) is 24.1 Å². The van der Waals surface area contributed by atoms with Crippen molar-refractivity contribution in [1.29, 1.82) is 0 Å². The van der Waals surface area contributed by atoms with Gasteiger partial charge < -0.3 is 10.1 Å². The van der Waals surface area contributed by atoms with Crippen LogP contribution in [0.4, 0.5) is 0 Å². The van der Waals surface area contributed by atoms with Gasteiger partial charge >= 0.3 is 5.97 Å². The van der Waals surface area contributed by atoms with Gasteiger partial charge in [0.25, 0.3) is 0 Å². The molecular weight excluding hydrogens is 240 g/mol. The SMILES string of the molecule is Cc1cccc(-c2nc(CCCC(=O)O)[nH]c2C)c1. The zero-order chi connectivity index (χ0) is 13.8. The third-order valence-corrected chi connectivity index (χ3v) is 3.03. The number of aliphatic carboxylic acids is 1. The Morgan fingerprint density at radius 1 is 1.37 bits per heavy atom. The predicted octanol–water partition coefficient (Wildman–Crippen LogP) is 3.10. The number of carboxylic acids is 1. The molecule has 0 atom stereocenters. The predicted molar refractivity (Wildman–Crippen MR) is 74.1 cm³/mol. The highest BCUT2D eigenvalue weighted by atomic mass is 16.4. The summed E-state index contributed by atoms with van der Waals surface area (Å²) in [5.41, 5.74) is 4.27. The maximum absolute atomic E-state index is 10.5. The van der Waals surface area contributed by atoms with E-state index in [1.807, 2.05) is 19.1 Å². The molecule has 0 aliphatic heterocycles. The fourth-order valence-electron chi connectivity index (χ4n) is 2.12. The molecule has 2 N–H and O–H groups in total. The van der Waals surface area contributed by atoms with Crippen molar-refractivity contribution in [3.8, 4) is 11.3 Å². The average molecular weight is 258 g/mol. The molecule has 1 heterocycles. The van der Waals surface area contributed by atoms with Gasteiger partial charge in [-0.15, -0.1) is 0 Å². The molecule has 19 heavy (non-hydrogen) atoms. The Bertz CT molecular complexity index is 588. The van der Waals surface area contributed by atoms with Crippen molar-refractivity contribution in [2.24, 2.45) is 0 Å². The first-order valence-electron chi connectivity index (χ1n) is 6.40. The van der Waals surface area contributed by atoms with Crippen LogP contribution in [0, 0.1) is 13.8 Å². The molecule has 1 aromatic heterocycles. The van der Waals surface area contributed by atoms with Gasteiger partial charge in [-0.25, -0.2) is 4.98 Å². The molecule has 0 fully saturated rings. The summed E-state index contributed by atoms with van der Waals surface area (Å²) in [6, 6.07) is 8.21. The number of aryl methyl sites for hydroxylation is 3. The molecule has 2 aromatic rings. The number of imidazole rings is 1. The highest BCUT2D eigenvalue weighted by Gasteiger charge is 2.09. The Kier molecular flexibility index (Phi) is 4.00. The Balaban J connectivity index is 2.15. The largest absolute Gasteiger partial charge is 0.481 e. The molecule has 1 aromatic carbocycles. The summed E-state index contributed by atoms with van der Waals surface area (Å²) >= 11 is 0. The smallest absolute Gasteiger partial charge is 0.303 e. The monoisotopic (exact) mass is 258 g/mol. The van der Waals surface area contributed by atoms with E-state index in [-0.39, 0.29) is 6.42 Å². The number of benzene rings is 1. The lowest BCUT2D eigenvalue weighted by atomic mass is 10.1. The lowest BCUT2D eigenvalue weighted by Crippen LogP contribution is -1.96. The Hall–Kier alpha value is -2.10. The molecule has 0 radical (unpaired) electrons. The molecule has 4 nitrogen and oxygen atoms in total. The van der Waals surface area contributed by atoms with Crippen LogP contribution >= 0.6 is 0 Å². The van der Waals surface area contributed by atoms with Gasteiger partial charge in [0.1, 0.15) is 5.82 Å². The van der Waals surface area contributed by atoms with E-state index in [2.05, 4.69) is 29.0 Å². The maximum Gasteiger partial charge on any atom is 0.303 e. The fourth-order valence-corrected chi connectivity index (χ4v) is 2.12. The number of carbonyl (C=O) groups is 1. The van der Waals surface area contributed by atoms with E-state index in [0.717, 1.165) is 22.8 Å². The summed E-state index contributed by atoms with van der Waals surface area (Å²) < 4.78 is 0. The summed E-state index contributed by atoms with van der Waals surface area (Å²) in [6.45, 7) is 4.05. The number of nitrogens with zero attached hydrogens (tertiary/aromatic N) is 1. The topological polar surface area (TPSA) is 66.0 Å². The highest BCUT2D eigenvalue weighted by Crippen LogP contribution is 2.22. The first-order chi connectivity index (χ1) is 9.06. The van der Waals surface area contributed by atoms with Crippen molar-refractivity contribution in [3.63, 3.8) is 0 Å². The van der Waals surface area contributed by atoms with Crippen molar-refractivity contribution >= 4 is 5.97 Å². The van der Waals surface area contributed by atoms with Gasteiger partial charge in [-0.2, -0.15) is 0 Å². The van der Waals surface area contributed by atoms with Crippen LogP contribution in [0.1, 0.15) is 29.9 Å². The number of hydrogen-bond donors (Lipinski definition) is 2.